The molecule has 3 fully saturated rings. The Morgan fingerprint density at radius 1 is 1.03 bits per heavy atom. The van der Waals surface area contributed by atoms with Crippen molar-refractivity contribution >= 4 is 16.7 Å². The van der Waals surface area contributed by atoms with Crippen LogP contribution in [-0.2, 0) is 11.0 Å². The van der Waals surface area contributed by atoms with Crippen molar-refractivity contribution in [3.05, 3.63) is 41.5 Å². The van der Waals surface area contributed by atoms with Gasteiger partial charge in [-0.1, -0.05) is 38.5 Å². The number of ether oxygens (including phenoxy) is 1. The summed E-state index contributed by atoms with van der Waals surface area (Å²) in [6.07, 6.45) is 4.11. The van der Waals surface area contributed by atoms with Crippen LogP contribution >= 0.6 is 0 Å². The minimum atomic E-state index is -4.51. The normalized spacial score (nSPS) is 29.4. The summed E-state index contributed by atoms with van der Waals surface area (Å²) in [6, 6.07) is 9.11. The Morgan fingerprint density at radius 2 is 1.70 bits per heavy atom. The lowest BCUT2D eigenvalue weighted by molar-refractivity contribution is -0.145. The Balaban J connectivity index is 1.43. The number of halogens is 3. The first-order valence-corrected chi connectivity index (χ1v) is 14.0. The molecule has 202 valence electrons. The van der Waals surface area contributed by atoms with Gasteiger partial charge in [-0.25, -0.2) is 0 Å². The summed E-state index contributed by atoms with van der Waals surface area (Å²) < 4.78 is 49.0. The number of carbonyl (C=O) groups is 1. The molecule has 2 bridgehead atoms. The zero-order valence-corrected chi connectivity index (χ0v) is 21.8. The van der Waals surface area contributed by atoms with Crippen molar-refractivity contribution in [3.63, 3.8) is 0 Å². The van der Waals surface area contributed by atoms with E-state index in [9.17, 15) is 23.1 Å². The van der Waals surface area contributed by atoms with Crippen LogP contribution in [0.25, 0.3) is 10.8 Å². The van der Waals surface area contributed by atoms with E-state index in [1.54, 1.807) is 12.1 Å². The molecule has 1 saturated carbocycles. The number of hydrogen-bond acceptors (Lipinski definition) is 3. The van der Waals surface area contributed by atoms with E-state index in [4.69, 9.17) is 4.74 Å². The zero-order chi connectivity index (χ0) is 26.3. The number of alkyl halides is 3. The van der Waals surface area contributed by atoms with Crippen LogP contribution < -0.4 is 4.74 Å². The highest BCUT2D eigenvalue weighted by Gasteiger charge is 2.46. The fourth-order valence-corrected chi connectivity index (χ4v) is 7.31. The molecule has 2 aromatic rings. The molecule has 4 nitrogen and oxygen atoms in total. The first-order chi connectivity index (χ1) is 17.7. The zero-order valence-electron chi connectivity index (χ0n) is 21.8. The maximum atomic E-state index is 14.3. The number of fused-ring (bicyclic) bond motifs is 3. The van der Waals surface area contributed by atoms with Crippen LogP contribution in [0.1, 0.15) is 95.2 Å². The van der Waals surface area contributed by atoms with Gasteiger partial charge in [0.15, 0.2) is 0 Å². The van der Waals surface area contributed by atoms with Crippen molar-refractivity contribution in [2.75, 3.05) is 0 Å². The summed E-state index contributed by atoms with van der Waals surface area (Å²) >= 11 is 0. The SMILES string of the molecule is CCC1CCC(Oc2ccc3cc([C@H](CC)N4C5CCC4CC(C(=O)O)C5)ccc3c2C(F)(F)F)CC1. The Kier molecular flexibility index (Phi) is 7.45. The average Bonchev–Trinajstić information content (AvgIpc) is 3.11. The molecule has 37 heavy (non-hydrogen) atoms. The monoisotopic (exact) mass is 517 g/mol. The van der Waals surface area contributed by atoms with Crippen molar-refractivity contribution in [2.24, 2.45) is 11.8 Å². The first kappa shape index (κ1) is 26.3. The van der Waals surface area contributed by atoms with Crippen molar-refractivity contribution in [1.82, 2.24) is 4.90 Å². The van der Waals surface area contributed by atoms with Crippen LogP contribution in [0, 0.1) is 11.8 Å². The van der Waals surface area contributed by atoms with E-state index in [0.29, 0.717) is 24.1 Å². The summed E-state index contributed by atoms with van der Waals surface area (Å²) in [7, 11) is 0. The number of aliphatic carboxylic acids is 1. The third-order valence-electron chi connectivity index (χ3n) is 9.22. The summed E-state index contributed by atoms with van der Waals surface area (Å²) in [6.45, 7) is 4.26. The molecular formula is C30H38F3NO3. The molecule has 1 aliphatic carbocycles. The smallest absolute Gasteiger partial charge is 0.420 e. The molecule has 2 aromatic carbocycles. The largest absolute Gasteiger partial charge is 0.490 e. The van der Waals surface area contributed by atoms with Gasteiger partial charge in [-0.2, -0.15) is 13.2 Å². The van der Waals surface area contributed by atoms with Crippen molar-refractivity contribution < 1.29 is 27.8 Å². The second-order valence-electron chi connectivity index (χ2n) is 11.3. The third kappa shape index (κ3) is 5.21. The number of benzene rings is 2. The molecule has 1 N–H and O–H groups in total. The van der Waals surface area contributed by atoms with Gasteiger partial charge in [0.2, 0.25) is 0 Å². The fraction of sp³-hybridized carbons (Fsp3) is 0.633. The fourth-order valence-electron chi connectivity index (χ4n) is 7.31. The van der Waals surface area contributed by atoms with Crippen LogP contribution in [0.15, 0.2) is 30.3 Å². The Morgan fingerprint density at radius 3 is 2.27 bits per heavy atom. The maximum absolute atomic E-state index is 14.3. The number of carboxylic acid groups (broad SMARTS) is 1. The molecule has 2 unspecified atom stereocenters. The lowest BCUT2D eigenvalue weighted by Gasteiger charge is -2.42. The van der Waals surface area contributed by atoms with E-state index >= 15 is 0 Å². The second kappa shape index (κ2) is 10.5. The summed E-state index contributed by atoms with van der Waals surface area (Å²) in [5.74, 6) is -0.429. The molecule has 3 aliphatic rings. The lowest BCUT2D eigenvalue weighted by Crippen LogP contribution is -2.46. The minimum Gasteiger partial charge on any atom is -0.490 e. The Bertz CT molecular complexity index is 1110. The quantitative estimate of drug-likeness (QED) is 0.404. The van der Waals surface area contributed by atoms with Gasteiger partial charge in [-0.05, 0) is 92.2 Å². The van der Waals surface area contributed by atoms with E-state index in [1.807, 2.05) is 12.1 Å². The van der Waals surface area contributed by atoms with Gasteiger partial charge in [0.1, 0.15) is 11.3 Å². The van der Waals surface area contributed by atoms with E-state index in [1.165, 1.54) is 6.07 Å². The number of nitrogens with zero attached hydrogens (tertiary/aromatic N) is 1. The standard InChI is InChI=1S/C30H38F3NO3/c1-3-18-5-11-24(12-6-18)37-27-14-8-19-15-20(7-13-25(19)28(27)30(31,32)33)26(4-2)34-22-9-10-23(34)17-21(16-22)29(35)36/h7-8,13-15,18,21-24,26H,3-6,9-12,16-17H2,1-2H3,(H,35,36)/t18?,21?,22?,23?,24?,26-/m0/s1. The molecule has 0 radical (unpaired) electrons. The van der Waals surface area contributed by atoms with Crippen molar-refractivity contribution in [3.8, 4) is 5.75 Å². The van der Waals surface area contributed by atoms with Gasteiger partial charge in [0.25, 0.3) is 0 Å². The molecule has 2 saturated heterocycles. The number of carboxylic acids is 1. The number of piperidine rings is 1. The van der Waals surface area contributed by atoms with Gasteiger partial charge in [-0.3, -0.25) is 9.69 Å². The first-order valence-electron chi connectivity index (χ1n) is 14.0. The number of hydrogen-bond donors (Lipinski definition) is 1. The lowest BCUT2D eigenvalue weighted by atomic mass is 9.86. The Hall–Kier alpha value is -2.28. The van der Waals surface area contributed by atoms with Gasteiger partial charge < -0.3 is 9.84 Å². The summed E-state index contributed by atoms with van der Waals surface area (Å²) in [5, 5.41) is 10.3. The van der Waals surface area contributed by atoms with Crippen LogP contribution in [0.3, 0.4) is 0 Å². The van der Waals surface area contributed by atoms with Gasteiger partial charge in [0.05, 0.1) is 12.0 Å². The minimum absolute atomic E-state index is 0.0615. The van der Waals surface area contributed by atoms with Crippen LogP contribution in [0.5, 0.6) is 5.75 Å². The maximum Gasteiger partial charge on any atom is 0.420 e. The van der Waals surface area contributed by atoms with Crippen LogP contribution in [-0.4, -0.2) is 34.2 Å². The van der Waals surface area contributed by atoms with Gasteiger partial charge in [0, 0.05) is 18.1 Å². The van der Waals surface area contributed by atoms with Crippen LogP contribution in [0.4, 0.5) is 13.2 Å². The molecule has 3 atom stereocenters. The highest BCUT2D eigenvalue weighted by Crippen LogP contribution is 2.47. The highest BCUT2D eigenvalue weighted by atomic mass is 19.4. The van der Waals surface area contributed by atoms with Gasteiger partial charge >= 0.3 is 12.1 Å². The van der Waals surface area contributed by atoms with Crippen molar-refractivity contribution in [2.45, 2.75) is 108 Å². The molecule has 0 spiro atoms. The van der Waals surface area contributed by atoms with Crippen molar-refractivity contribution in [1.29, 1.82) is 0 Å². The predicted octanol–water partition coefficient (Wildman–Crippen LogP) is 7.98. The van der Waals surface area contributed by atoms with E-state index in [0.717, 1.165) is 56.9 Å². The topological polar surface area (TPSA) is 49.8 Å². The van der Waals surface area contributed by atoms with E-state index in [-0.39, 0.29) is 41.3 Å². The molecule has 2 aliphatic heterocycles. The van der Waals surface area contributed by atoms with Gasteiger partial charge in [-0.15, -0.1) is 0 Å². The molecule has 7 heteroatoms. The molecular weight excluding hydrogens is 479 g/mol. The average molecular weight is 518 g/mol. The predicted molar refractivity (Wildman–Crippen MR) is 138 cm³/mol. The molecule has 0 amide bonds. The Labute approximate surface area is 217 Å². The second-order valence-corrected chi connectivity index (χ2v) is 11.3. The molecule has 5 rings (SSSR count). The highest BCUT2D eigenvalue weighted by molar-refractivity contribution is 5.89. The summed E-state index contributed by atoms with van der Waals surface area (Å²) in [4.78, 5) is 14.1. The van der Waals surface area contributed by atoms with E-state index < -0.39 is 17.7 Å². The van der Waals surface area contributed by atoms with E-state index in [2.05, 4.69) is 18.7 Å². The third-order valence-corrected chi connectivity index (χ3v) is 9.22. The number of rotatable bonds is 7. The molecule has 0 aromatic heterocycles. The molecule has 2 heterocycles. The van der Waals surface area contributed by atoms with Crippen LogP contribution in [0.2, 0.25) is 0 Å². The summed E-state index contributed by atoms with van der Waals surface area (Å²) in [5.41, 5.74) is 0.324.